The fourth-order valence-electron chi connectivity index (χ4n) is 2.28. The molecule has 0 aliphatic heterocycles. The Morgan fingerprint density at radius 2 is 1.23 bits per heavy atom. The van der Waals surface area contributed by atoms with Crippen LogP contribution in [-0.2, 0) is 30.6 Å². The summed E-state index contributed by atoms with van der Waals surface area (Å²) in [4.78, 5) is 9.48. The summed E-state index contributed by atoms with van der Waals surface area (Å²) in [5.74, 6) is -0.495. The Balaban J connectivity index is 0. The van der Waals surface area contributed by atoms with Crippen LogP contribution in [0.3, 0.4) is 0 Å². The fourth-order valence-corrected chi connectivity index (χ4v) is 3.33. The SMILES string of the molecule is CCC([NH-])=O.[Cl-].[Cl-].[Hf+4].c1ccc([Si]c2ccccc2)cc1.c1ccc2[cH-]ccc2c1. The molecule has 152 valence electrons. The smallest absolute Gasteiger partial charge is 1.00 e. The Bertz CT molecular complexity index is 866. The van der Waals surface area contributed by atoms with Crippen LogP contribution in [0.5, 0.6) is 0 Å². The van der Waals surface area contributed by atoms with Crippen molar-refractivity contribution in [1.29, 1.82) is 0 Å². The predicted octanol–water partition coefficient (Wildman–Crippen LogP) is -1.12. The first kappa shape index (κ1) is 30.6. The molecule has 0 spiro atoms. The van der Waals surface area contributed by atoms with E-state index in [0.29, 0.717) is 6.42 Å². The Morgan fingerprint density at radius 1 is 0.800 bits per heavy atom. The summed E-state index contributed by atoms with van der Waals surface area (Å²) >= 11 is 0. The monoisotopic (exact) mass is 619 g/mol. The maximum absolute atomic E-state index is 9.48. The molecule has 0 atom stereocenters. The van der Waals surface area contributed by atoms with Gasteiger partial charge in [-0.05, 0) is 6.42 Å². The van der Waals surface area contributed by atoms with E-state index in [1.54, 1.807) is 6.92 Å². The molecule has 6 heteroatoms. The molecule has 1 N–H and O–H groups in total. The number of amides is 1. The quantitative estimate of drug-likeness (QED) is 0.212. The maximum atomic E-state index is 9.48. The number of fused-ring (bicyclic) bond motifs is 1. The zero-order chi connectivity index (χ0) is 19.3. The molecular formula is C24H23Cl2HfNOSi. The first-order chi connectivity index (χ1) is 13.2. The number of carbonyl (C=O) groups is 1. The number of nitrogens with one attached hydrogen (secondary N) is 1. The van der Waals surface area contributed by atoms with Gasteiger partial charge in [0.05, 0.1) is 0 Å². The van der Waals surface area contributed by atoms with Gasteiger partial charge in [0.2, 0.25) is 0 Å². The van der Waals surface area contributed by atoms with E-state index in [4.69, 9.17) is 5.73 Å². The largest absolute Gasteiger partial charge is 4.00 e. The second kappa shape index (κ2) is 18.2. The molecule has 0 unspecified atom stereocenters. The second-order valence-corrected chi connectivity index (χ2v) is 7.19. The fraction of sp³-hybridized carbons (Fsp3) is 0.0833. The van der Waals surface area contributed by atoms with Crippen LogP contribution >= 0.6 is 0 Å². The Hall–Kier alpha value is -1.59. The van der Waals surface area contributed by atoms with E-state index in [2.05, 4.69) is 103 Å². The molecule has 0 aliphatic carbocycles. The van der Waals surface area contributed by atoms with Crippen LogP contribution in [0.1, 0.15) is 13.3 Å². The van der Waals surface area contributed by atoms with Gasteiger partial charge in [0.15, 0.2) is 0 Å². The minimum atomic E-state index is -0.495. The molecule has 0 bridgehead atoms. The van der Waals surface area contributed by atoms with Crippen molar-refractivity contribution in [3.05, 3.63) is 109 Å². The van der Waals surface area contributed by atoms with Crippen LogP contribution in [0, 0.1) is 0 Å². The van der Waals surface area contributed by atoms with E-state index < -0.39 is 5.91 Å². The van der Waals surface area contributed by atoms with Crippen LogP contribution < -0.4 is 35.2 Å². The van der Waals surface area contributed by atoms with Gasteiger partial charge in [-0.15, -0.1) is 29.7 Å². The zero-order valence-corrected chi connectivity index (χ0v) is 22.8. The summed E-state index contributed by atoms with van der Waals surface area (Å²) in [6.07, 6.45) is 0.333. The molecule has 0 heterocycles. The van der Waals surface area contributed by atoms with Gasteiger partial charge in [-0.25, -0.2) is 0 Å². The molecular weight excluding hydrogens is 596 g/mol. The van der Waals surface area contributed by atoms with E-state index in [-0.39, 0.29) is 50.7 Å². The molecule has 0 aliphatic rings. The molecule has 0 saturated carbocycles. The van der Waals surface area contributed by atoms with Crippen LogP contribution in [-0.4, -0.2) is 15.4 Å². The minimum absolute atomic E-state index is 0. The third kappa shape index (κ3) is 12.2. The summed E-state index contributed by atoms with van der Waals surface area (Å²) in [6, 6.07) is 35.8. The van der Waals surface area contributed by atoms with Gasteiger partial charge in [-0.1, -0.05) is 84.0 Å². The maximum Gasteiger partial charge on any atom is 4.00 e. The number of carbonyl (C=O) groups excluding carboxylic acids is 1. The van der Waals surface area contributed by atoms with Crippen molar-refractivity contribution in [1.82, 2.24) is 0 Å². The molecule has 0 saturated heterocycles. The van der Waals surface area contributed by atoms with Gasteiger partial charge in [-0.3, -0.25) is 0 Å². The average molecular weight is 619 g/mol. The van der Waals surface area contributed by atoms with Gasteiger partial charge in [0.25, 0.3) is 0 Å². The molecule has 4 aromatic rings. The van der Waals surface area contributed by atoms with E-state index in [0.717, 1.165) is 9.52 Å². The molecule has 0 aromatic heterocycles. The topological polar surface area (TPSA) is 40.9 Å². The molecule has 0 fully saturated rings. The predicted molar refractivity (Wildman–Crippen MR) is 117 cm³/mol. The van der Waals surface area contributed by atoms with E-state index in [1.807, 2.05) is 0 Å². The third-order valence-corrected chi connectivity index (χ3v) is 4.95. The zero-order valence-electron chi connectivity index (χ0n) is 16.7. The van der Waals surface area contributed by atoms with Crippen LogP contribution in [0.2, 0.25) is 0 Å². The number of rotatable bonds is 3. The molecule has 2 radical (unpaired) electrons. The molecule has 4 rings (SSSR count). The summed E-state index contributed by atoms with van der Waals surface area (Å²) in [5, 5.41) is 5.46. The second-order valence-electron chi connectivity index (χ2n) is 5.79. The third-order valence-electron chi connectivity index (χ3n) is 3.70. The number of hydrogen-bond donors (Lipinski definition) is 0. The number of halogens is 2. The first-order valence-corrected chi connectivity index (χ1v) is 9.91. The van der Waals surface area contributed by atoms with Crippen molar-refractivity contribution in [3.8, 4) is 0 Å². The number of benzene rings is 3. The first-order valence-electron chi connectivity index (χ1n) is 8.91. The summed E-state index contributed by atoms with van der Waals surface area (Å²) in [7, 11) is 0.777. The Labute approximate surface area is 213 Å². The average Bonchev–Trinajstić information content (AvgIpc) is 3.19. The van der Waals surface area contributed by atoms with Gasteiger partial charge in [0.1, 0.15) is 9.52 Å². The standard InChI is InChI=1S/C12H10Si.C9H7.C3H7NO.2ClH.Hf/c1-3-7-11(8-4-1)13-12-9-5-2-6-10-12;1-2-5-9-7-3-6-8(9)4-1;1-2-3(4)5;;;/h1-10H;1-7H;2H2,1H3,(H2,4,5);2*1H;/q;-1;;;;+4/p-3. The van der Waals surface area contributed by atoms with Gasteiger partial charge >= 0.3 is 25.8 Å². The van der Waals surface area contributed by atoms with Crippen molar-refractivity contribution in [2.24, 2.45) is 0 Å². The Kier molecular flexibility index (Phi) is 18.6. The van der Waals surface area contributed by atoms with Crippen molar-refractivity contribution >= 4 is 36.6 Å². The normalized spacial score (nSPS) is 8.57. The van der Waals surface area contributed by atoms with Crippen LogP contribution in [0.15, 0.2) is 103 Å². The number of hydrogen-bond acceptors (Lipinski definition) is 1. The van der Waals surface area contributed by atoms with Crippen molar-refractivity contribution in [2.75, 3.05) is 0 Å². The molecule has 2 nitrogen and oxygen atoms in total. The molecule has 30 heavy (non-hydrogen) atoms. The van der Waals surface area contributed by atoms with Crippen molar-refractivity contribution in [3.63, 3.8) is 0 Å². The van der Waals surface area contributed by atoms with Crippen molar-refractivity contribution in [2.45, 2.75) is 13.3 Å². The summed E-state index contributed by atoms with van der Waals surface area (Å²) in [5.41, 5.74) is 6.19. The van der Waals surface area contributed by atoms with E-state index >= 15 is 0 Å². The van der Waals surface area contributed by atoms with Crippen LogP contribution in [0.4, 0.5) is 0 Å². The van der Waals surface area contributed by atoms with Gasteiger partial charge in [0, 0.05) is 5.91 Å². The molecule has 4 aromatic carbocycles. The Morgan fingerprint density at radius 3 is 1.67 bits per heavy atom. The van der Waals surface area contributed by atoms with Crippen molar-refractivity contribution < 1.29 is 55.5 Å². The summed E-state index contributed by atoms with van der Waals surface area (Å²) in [6.45, 7) is 1.66. The molecule has 1 amide bonds. The van der Waals surface area contributed by atoms with E-state index in [1.165, 1.54) is 21.1 Å². The summed E-state index contributed by atoms with van der Waals surface area (Å²) < 4.78 is 0. The minimum Gasteiger partial charge on any atom is -1.00 e. The van der Waals surface area contributed by atoms with E-state index in [9.17, 15) is 4.79 Å². The van der Waals surface area contributed by atoms with Crippen LogP contribution in [0.25, 0.3) is 16.5 Å². The van der Waals surface area contributed by atoms with Gasteiger partial charge < -0.3 is 35.3 Å². The van der Waals surface area contributed by atoms with Gasteiger partial charge in [-0.2, -0.15) is 17.5 Å².